The van der Waals surface area contributed by atoms with Crippen molar-refractivity contribution in [1.29, 1.82) is 0 Å². The molecule has 0 radical (unpaired) electrons. The summed E-state index contributed by atoms with van der Waals surface area (Å²) in [5.41, 5.74) is 8.40. The Labute approximate surface area is 119 Å². The van der Waals surface area contributed by atoms with E-state index in [0.717, 1.165) is 31.3 Å². The summed E-state index contributed by atoms with van der Waals surface area (Å²) in [7, 11) is 0. The first-order valence-corrected chi connectivity index (χ1v) is 8.13. The second-order valence-electron chi connectivity index (χ2n) is 7.15. The Bertz CT molecular complexity index is 405. The maximum atomic E-state index is 8.40. The van der Waals surface area contributed by atoms with Gasteiger partial charge < -0.3 is 9.47 Å². The van der Waals surface area contributed by atoms with Crippen LogP contribution in [0, 0.1) is 23.7 Å². The van der Waals surface area contributed by atoms with Crippen LogP contribution in [-0.4, -0.2) is 25.0 Å². The highest BCUT2D eigenvalue weighted by Crippen LogP contribution is 2.61. The maximum absolute atomic E-state index is 8.40. The molecule has 0 N–H and O–H groups in total. The first-order valence-electron chi connectivity index (χ1n) is 8.13. The molecule has 5 fully saturated rings. The van der Waals surface area contributed by atoms with Crippen LogP contribution in [0.25, 0.3) is 10.4 Å². The summed E-state index contributed by atoms with van der Waals surface area (Å²) in [5, 5.41) is 3.65. The van der Waals surface area contributed by atoms with Gasteiger partial charge in [0.1, 0.15) is 0 Å². The summed E-state index contributed by atoms with van der Waals surface area (Å²) in [6.45, 7) is 1.35. The highest BCUT2D eigenvalue weighted by molar-refractivity contribution is 5.05. The van der Waals surface area contributed by atoms with Crippen molar-refractivity contribution in [3.05, 3.63) is 10.4 Å². The zero-order valence-corrected chi connectivity index (χ0v) is 11.9. The number of hydrogen-bond donors (Lipinski definition) is 0. The quantitative estimate of drug-likeness (QED) is 0.449. The van der Waals surface area contributed by atoms with Gasteiger partial charge in [0, 0.05) is 23.3 Å². The average molecular weight is 277 g/mol. The lowest BCUT2D eigenvalue weighted by molar-refractivity contribution is -0.376. The van der Waals surface area contributed by atoms with Gasteiger partial charge in [-0.2, -0.15) is 0 Å². The van der Waals surface area contributed by atoms with Crippen LogP contribution < -0.4 is 0 Å². The van der Waals surface area contributed by atoms with Gasteiger partial charge in [-0.05, 0) is 62.3 Å². The van der Waals surface area contributed by atoms with Gasteiger partial charge in [-0.15, -0.1) is 0 Å². The van der Waals surface area contributed by atoms with Gasteiger partial charge in [-0.25, -0.2) is 0 Å². The van der Waals surface area contributed by atoms with Crippen LogP contribution in [-0.2, 0) is 9.47 Å². The molecule has 1 saturated heterocycles. The Morgan fingerprint density at radius 3 is 2.45 bits per heavy atom. The van der Waals surface area contributed by atoms with E-state index in [2.05, 4.69) is 10.0 Å². The number of nitrogens with zero attached hydrogens (tertiary/aromatic N) is 3. The molecule has 0 unspecified atom stereocenters. The minimum Gasteiger partial charge on any atom is -0.349 e. The molecule has 0 aromatic rings. The Balaban J connectivity index is 1.50. The average Bonchev–Trinajstić information content (AvgIpc) is 2.45. The van der Waals surface area contributed by atoms with Gasteiger partial charge in [0.15, 0.2) is 5.79 Å². The molecule has 1 atom stereocenters. The summed E-state index contributed by atoms with van der Waals surface area (Å²) < 4.78 is 12.7. The molecule has 5 aliphatic rings. The fraction of sp³-hybridized carbons (Fsp3) is 1.00. The highest BCUT2D eigenvalue weighted by Gasteiger charge is 2.60. The molecule has 110 valence electrons. The van der Waals surface area contributed by atoms with E-state index >= 15 is 0 Å². The van der Waals surface area contributed by atoms with E-state index in [1.165, 1.54) is 32.1 Å². The zero-order valence-electron chi connectivity index (χ0n) is 11.9. The van der Waals surface area contributed by atoms with Crippen LogP contribution in [0.1, 0.15) is 44.9 Å². The van der Waals surface area contributed by atoms with Gasteiger partial charge in [0.25, 0.3) is 0 Å². The number of ether oxygens (including phenoxy) is 2. The highest BCUT2D eigenvalue weighted by atomic mass is 16.7. The molecule has 1 heterocycles. The Morgan fingerprint density at radius 1 is 1.10 bits per heavy atom. The van der Waals surface area contributed by atoms with Crippen molar-refractivity contribution in [3.63, 3.8) is 0 Å². The van der Waals surface area contributed by atoms with Crippen molar-refractivity contribution < 1.29 is 9.47 Å². The molecular weight excluding hydrogens is 254 g/mol. The summed E-state index contributed by atoms with van der Waals surface area (Å²) in [6.07, 6.45) is 8.64. The van der Waals surface area contributed by atoms with Crippen LogP contribution in [0.4, 0.5) is 0 Å². The molecule has 4 aliphatic carbocycles. The first-order chi connectivity index (χ1) is 9.80. The molecule has 20 heavy (non-hydrogen) atoms. The minimum atomic E-state index is -0.285. The monoisotopic (exact) mass is 277 g/mol. The molecule has 0 aromatic carbocycles. The second kappa shape index (κ2) is 4.90. The van der Waals surface area contributed by atoms with Crippen LogP contribution in [0.2, 0.25) is 0 Å². The van der Waals surface area contributed by atoms with Crippen LogP contribution >= 0.6 is 0 Å². The van der Waals surface area contributed by atoms with E-state index in [4.69, 9.17) is 15.0 Å². The SMILES string of the molecule is [N-]=[N+]=NCC[C@@H]1CCOC2(O1)C1CC3CC(C1)CC2C3. The summed E-state index contributed by atoms with van der Waals surface area (Å²) in [4.78, 5) is 2.84. The van der Waals surface area contributed by atoms with E-state index in [0.29, 0.717) is 18.4 Å². The third-order valence-corrected chi connectivity index (χ3v) is 6.01. The molecule has 0 aromatic heterocycles. The molecule has 5 rings (SSSR count). The number of azide groups is 1. The molecule has 4 bridgehead atoms. The summed E-state index contributed by atoms with van der Waals surface area (Å²) in [5.74, 6) is 2.80. The minimum absolute atomic E-state index is 0.215. The van der Waals surface area contributed by atoms with Crippen LogP contribution in [0.3, 0.4) is 0 Å². The maximum Gasteiger partial charge on any atom is 0.174 e. The van der Waals surface area contributed by atoms with E-state index < -0.39 is 0 Å². The van der Waals surface area contributed by atoms with E-state index in [-0.39, 0.29) is 11.9 Å². The lowest BCUT2D eigenvalue weighted by Crippen LogP contribution is -2.63. The molecule has 0 amide bonds. The molecule has 5 nitrogen and oxygen atoms in total. The van der Waals surface area contributed by atoms with Crippen molar-refractivity contribution in [2.75, 3.05) is 13.2 Å². The number of hydrogen-bond acceptors (Lipinski definition) is 3. The lowest BCUT2D eigenvalue weighted by Gasteiger charge is -2.61. The van der Waals surface area contributed by atoms with Gasteiger partial charge in [0.2, 0.25) is 0 Å². The van der Waals surface area contributed by atoms with E-state index in [9.17, 15) is 0 Å². The fourth-order valence-electron chi connectivity index (χ4n) is 5.42. The van der Waals surface area contributed by atoms with Crippen LogP contribution in [0.15, 0.2) is 5.11 Å². The third-order valence-electron chi connectivity index (χ3n) is 6.01. The standard InChI is InChI=1S/C15H23N3O2/c16-18-17-3-1-14-2-4-19-15(20-14)12-6-10-5-11(8-12)9-13(15)7-10/h10-14H,1-9H2/t10?,11?,12?,13?,14-,15?/m1/s1. The largest absolute Gasteiger partial charge is 0.349 e. The fourth-order valence-corrected chi connectivity index (χ4v) is 5.42. The van der Waals surface area contributed by atoms with Gasteiger partial charge in [-0.1, -0.05) is 5.11 Å². The predicted octanol–water partition coefficient (Wildman–Crippen LogP) is 3.64. The predicted molar refractivity (Wildman–Crippen MR) is 73.8 cm³/mol. The topological polar surface area (TPSA) is 67.2 Å². The van der Waals surface area contributed by atoms with Gasteiger partial charge in [0.05, 0.1) is 12.7 Å². The van der Waals surface area contributed by atoms with E-state index in [1.54, 1.807) is 0 Å². The Hall–Kier alpha value is -0.770. The molecule has 1 spiro atoms. The smallest absolute Gasteiger partial charge is 0.174 e. The summed E-state index contributed by atoms with van der Waals surface area (Å²) in [6, 6.07) is 0. The summed E-state index contributed by atoms with van der Waals surface area (Å²) >= 11 is 0. The van der Waals surface area contributed by atoms with E-state index in [1.807, 2.05) is 0 Å². The Kier molecular flexibility index (Phi) is 3.17. The van der Waals surface area contributed by atoms with Crippen molar-refractivity contribution in [2.24, 2.45) is 28.8 Å². The third kappa shape index (κ3) is 1.95. The first kappa shape index (κ1) is 12.9. The zero-order chi connectivity index (χ0) is 13.6. The molecule has 1 aliphatic heterocycles. The Morgan fingerprint density at radius 2 is 1.80 bits per heavy atom. The van der Waals surface area contributed by atoms with Crippen molar-refractivity contribution >= 4 is 0 Å². The number of rotatable bonds is 3. The molecule has 4 saturated carbocycles. The van der Waals surface area contributed by atoms with Gasteiger partial charge in [-0.3, -0.25) is 0 Å². The lowest BCUT2D eigenvalue weighted by atomic mass is 9.53. The van der Waals surface area contributed by atoms with Gasteiger partial charge >= 0.3 is 0 Å². The van der Waals surface area contributed by atoms with Crippen molar-refractivity contribution in [3.8, 4) is 0 Å². The second-order valence-corrected chi connectivity index (χ2v) is 7.15. The molecule has 5 heteroatoms. The van der Waals surface area contributed by atoms with Crippen LogP contribution in [0.5, 0.6) is 0 Å². The van der Waals surface area contributed by atoms with Crippen molar-refractivity contribution in [1.82, 2.24) is 0 Å². The normalized spacial score (nSPS) is 49.3. The molecular formula is C15H23N3O2. The van der Waals surface area contributed by atoms with Crippen molar-refractivity contribution in [2.45, 2.75) is 56.8 Å².